The lowest BCUT2D eigenvalue weighted by molar-refractivity contribution is -0.149. The molecule has 0 rings (SSSR count). The smallest absolute Gasteiger partial charge is 0.324 e. The van der Waals surface area contributed by atoms with Gasteiger partial charge in [-0.15, -0.1) is 0 Å². The molecule has 0 saturated heterocycles. The number of aliphatic carboxylic acids is 1. The number of rotatable bonds is 5. The zero-order valence-electron chi connectivity index (χ0n) is 11.6. The lowest BCUT2D eigenvalue weighted by atomic mass is 9.89. The van der Waals surface area contributed by atoms with Crippen LogP contribution in [0.2, 0.25) is 0 Å². The molecular formula is C12H22N2O4. The van der Waals surface area contributed by atoms with Crippen molar-refractivity contribution in [3.63, 3.8) is 0 Å². The summed E-state index contributed by atoms with van der Waals surface area (Å²) in [7, 11) is 1.60. The molecule has 1 unspecified atom stereocenters. The van der Waals surface area contributed by atoms with E-state index < -0.39 is 23.3 Å². The van der Waals surface area contributed by atoms with Gasteiger partial charge in [0, 0.05) is 19.5 Å². The highest BCUT2D eigenvalue weighted by atomic mass is 16.4. The molecular weight excluding hydrogens is 236 g/mol. The van der Waals surface area contributed by atoms with Gasteiger partial charge in [-0.05, 0) is 27.2 Å². The maximum Gasteiger partial charge on any atom is 0.324 e. The number of hydrogen-bond donors (Lipinski definition) is 2. The first kappa shape index (κ1) is 16.4. The summed E-state index contributed by atoms with van der Waals surface area (Å²) in [6, 6.07) is -0.485. The first-order valence-corrected chi connectivity index (χ1v) is 5.91. The fourth-order valence-corrected chi connectivity index (χ4v) is 1.20. The van der Waals surface area contributed by atoms with E-state index in [4.69, 9.17) is 5.11 Å². The second-order valence-electron chi connectivity index (χ2n) is 5.09. The van der Waals surface area contributed by atoms with E-state index in [2.05, 4.69) is 5.32 Å². The van der Waals surface area contributed by atoms with Gasteiger partial charge in [-0.1, -0.05) is 6.92 Å². The molecule has 6 nitrogen and oxygen atoms in total. The molecule has 0 saturated carbocycles. The summed E-state index contributed by atoms with van der Waals surface area (Å²) >= 11 is 0. The van der Waals surface area contributed by atoms with E-state index in [-0.39, 0.29) is 12.5 Å². The van der Waals surface area contributed by atoms with Crippen LogP contribution in [-0.2, 0) is 9.59 Å². The number of nitrogens with zero attached hydrogens (tertiary/aromatic N) is 1. The second-order valence-corrected chi connectivity index (χ2v) is 5.09. The normalized spacial score (nSPS) is 12.7. The molecule has 1 atom stereocenters. The Bertz CT molecular complexity index is 339. The lowest BCUT2D eigenvalue weighted by Gasteiger charge is -2.24. The Morgan fingerprint density at radius 3 is 2.22 bits per heavy atom. The zero-order valence-corrected chi connectivity index (χ0v) is 11.6. The number of carboxylic acid groups (broad SMARTS) is 1. The van der Waals surface area contributed by atoms with Crippen LogP contribution in [0, 0.1) is 5.41 Å². The molecule has 0 aliphatic carbocycles. The predicted molar refractivity (Wildman–Crippen MR) is 67.1 cm³/mol. The highest BCUT2D eigenvalue weighted by molar-refractivity contribution is 5.96. The maximum absolute atomic E-state index is 11.7. The SMILES string of the molecule is CCC(C)N(C)C(=O)NC(=O)CC(C)(C)C(=O)O. The highest BCUT2D eigenvalue weighted by Gasteiger charge is 2.31. The molecule has 0 heterocycles. The van der Waals surface area contributed by atoms with Gasteiger partial charge in [0.1, 0.15) is 0 Å². The van der Waals surface area contributed by atoms with Crippen molar-refractivity contribution >= 4 is 17.9 Å². The Hall–Kier alpha value is -1.59. The van der Waals surface area contributed by atoms with E-state index in [0.29, 0.717) is 0 Å². The van der Waals surface area contributed by atoms with Crippen molar-refractivity contribution in [1.29, 1.82) is 0 Å². The molecule has 0 aliphatic rings. The third-order valence-electron chi connectivity index (χ3n) is 3.00. The Kier molecular flexibility index (Phi) is 5.81. The quantitative estimate of drug-likeness (QED) is 0.781. The minimum Gasteiger partial charge on any atom is -0.481 e. The minimum absolute atomic E-state index is 0.0188. The van der Waals surface area contributed by atoms with E-state index in [9.17, 15) is 14.4 Å². The average Bonchev–Trinajstić information content (AvgIpc) is 2.25. The van der Waals surface area contributed by atoms with Gasteiger partial charge in [-0.2, -0.15) is 0 Å². The van der Waals surface area contributed by atoms with Gasteiger partial charge in [0.25, 0.3) is 0 Å². The van der Waals surface area contributed by atoms with Crippen molar-refractivity contribution in [3.05, 3.63) is 0 Å². The van der Waals surface area contributed by atoms with Crippen LogP contribution in [-0.4, -0.2) is 41.0 Å². The topological polar surface area (TPSA) is 86.7 Å². The van der Waals surface area contributed by atoms with Crippen molar-refractivity contribution in [2.75, 3.05) is 7.05 Å². The second kappa shape index (κ2) is 6.37. The van der Waals surface area contributed by atoms with Crippen LogP contribution in [0.5, 0.6) is 0 Å². The van der Waals surface area contributed by atoms with Gasteiger partial charge >= 0.3 is 12.0 Å². The molecule has 0 fully saturated rings. The van der Waals surface area contributed by atoms with Gasteiger partial charge in [0.2, 0.25) is 5.91 Å². The van der Waals surface area contributed by atoms with Crippen molar-refractivity contribution in [1.82, 2.24) is 10.2 Å². The van der Waals surface area contributed by atoms with E-state index in [1.54, 1.807) is 7.05 Å². The summed E-state index contributed by atoms with van der Waals surface area (Å²) in [6.45, 7) is 6.69. The Balaban J connectivity index is 4.42. The first-order chi connectivity index (χ1) is 8.11. The number of amides is 3. The zero-order chi connectivity index (χ0) is 14.5. The van der Waals surface area contributed by atoms with E-state index >= 15 is 0 Å². The molecule has 0 bridgehead atoms. The van der Waals surface area contributed by atoms with Crippen LogP contribution in [0.1, 0.15) is 40.5 Å². The minimum atomic E-state index is -1.18. The number of imide groups is 1. The summed E-state index contributed by atoms with van der Waals surface area (Å²) in [4.78, 5) is 35.5. The Labute approximate surface area is 107 Å². The first-order valence-electron chi connectivity index (χ1n) is 5.91. The number of hydrogen-bond acceptors (Lipinski definition) is 3. The van der Waals surface area contributed by atoms with Gasteiger partial charge in [0.05, 0.1) is 5.41 Å². The van der Waals surface area contributed by atoms with Crippen LogP contribution in [0.3, 0.4) is 0 Å². The van der Waals surface area contributed by atoms with Gasteiger partial charge in [-0.3, -0.25) is 14.9 Å². The predicted octanol–water partition coefficient (Wildman–Crippen LogP) is 1.45. The standard InChI is InChI=1S/C12H22N2O4/c1-6-8(2)14(5)11(18)13-9(15)7-12(3,4)10(16)17/h8H,6-7H2,1-5H3,(H,16,17)(H,13,15,18). The Morgan fingerprint density at radius 1 is 1.33 bits per heavy atom. The molecule has 6 heteroatoms. The molecule has 0 aliphatic heterocycles. The summed E-state index contributed by atoms with van der Waals surface area (Å²) in [5.74, 6) is -1.65. The summed E-state index contributed by atoms with van der Waals surface area (Å²) < 4.78 is 0. The monoisotopic (exact) mass is 258 g/mol. The molecule has 0 aromatic rings. The lowest BCUT2D eigenvalue weighted by Crippen LogP contribution is -2.46. The molecule has 2 N–H and O–H groups in total. The number of carbonyl (C=O) groups excluding carboxylic acids is 2. The molecule has 0 spiro atoms. The summed E-state index contributed by atoms with van der Waals surface area (Å²) in [5, 5.41) is 11.1. The molecule has 3 amide bonds. The van der Waals surface area contributed by atoms with Gasteiger partial charge in [0.15, 0.2) is 0 Å². The molecule has 0 radical (unpaired) electrons. The summed E-state index contributed by atoms with van der Waals surface area (Å²) in [5.41, 5.74) is -1.18. The third kappa shape index (κ3) is 4.73. The van der Waals surface area contributed by atoms with Crippen molar-refractivity contribution < 1.29 is 19.5 Å². The van der Waals surface area contributed by atoms with E-state index in [1.165, 1.54) is 18.7 Å². The van der Waals surface area contributed by atoms with Crippen LogP contribution in [0.25, 0.3) is 0 Å². The van der Waals surface area contributed by atoms with Crippen molar-refractivity contribution in [2.45, 2.75) is 46.6 Å². The number of urea groups is 1. The Morgan fingerprint density at radius 2 is 1.83 bits per heavy atom. The van der Waals surface area contributed by atoms with E-state index in [1.807, 2.05) is 13.8 Å². The third-order valence-corrected chi connectivity index (χ3v) is 3.00. The summed E-state index contributed by atoms with van der Waals surface area (Å²) in [6.07, 6.45) is 0.543. The van der Waals surface area contributed by atoms with Crippen molar-refractivity contribution in [3.8, 4) is 0 Å². The van der Waals surface area contributed by atoms with Gasteiger partial charge in [-0.25, -0.2) is 4.79 Å². The fourth-order valence-electron chi connectivity index (χ4n) is 1.20. The maximum atomic E-state index is 11.7. The number of carboxylic acids is 1. The largest absolute Gasteiger partial charge is 0.481 e. The fraction of sp³-hybridized carbons (Fsp3) is 0.750. The highest BCUT2D eigenvalue weighted by Crippen LogP contribution is 2.20. The van der Waals surface area contributed by atoms with E-state index in [0.717, 1.165) is 6.42 Å². The van der Waals surface area contributed by atoms with Crippen LogP contribution in [0.15, 0.2) is 0 Å². The molecule has 18 heavy (non-hydrogen) atoms. The molecule has 0 aromatic heterocycles. The van der Waals surface area contributed by atoms with Gasteiger partial charge < -0.3 is 10.0 Å². The molecule has 0 aromatic carbocycles. The van der Waals surface area contributed by atoms with Crippen molar-refractivity contribution in [2.24, 2.45) is 5.41 Å². The van der Waals surface area contributed by atoms with Crippen LogP contribution < -0.4 is 5.32 Å². The molecule has 104 valence electrons. The van der Waals surface area contributed by atoms with Crippen LogP contribution in [0.4, 0.5) is 4.79 Å². The van der Waals surface area contributed by atoms with Crippen LogP contribution >= 0.6 is 0 Å². The number of nitrogens with one attached hydrogen (secondary N) is 1. The average molecular weight is 258 g/mol. The number of carbonyl (C=O) groups is 3.